The van der Waals surface area contributed by atoms with Crippen LogP contribution in [0.15, 0.2) is 17.0 Å². The number of hydrogen-bond acceptors (Lipinski definition) is 4. The lowest BCUT2D eigenvalue weighted by molar-refractivity contribution is -0.137. The van der Waals surface area contributed by atoms with Gasteiger partial charge in [0.2, 0.25) is 10.6 Å². The molecule has 0 aliphatic heterocycles. The molecule has 146 valence electrons. The van der Waals surface area contributed by atoms with Crippen molar-refractivity contribution in [2.75, 3.05) is 5.73 Å². The Bertz CT molecular complexity index is 890. The van der Waals surface area contributed by atoms with Crippen LogP contribution < -0.4 is 5.73 Å². The van der Waals surface area contributed by atoms with Crippen LogP contribution in [0.25, 0.3) is 5.69 Å². The van der Waals surface area contributed by atoms with Crippen LogP contribution in [-0.4, -0.2) is 26.3 Å². The third-order valence-corrected chi connectivity index (χ3v) is 5.14. The molecule has 2 atom stereocenters. The number of benzene rings is 1. The molecule has 1 aromatic carbocycles. The highest BCUT2D eigenvalue weighted by Crippen LogP contribution is 2.39. The molecule has 0 aliphatic carbocycles. The number of nitriles is 1. The largest absolute Gasteiger partial charge is 0.609 e. The quantitative estimate of drug-likeness (QED) is 0.554. The minimum Gasteiger partial charge on any atom is -0.609 e. The molecule has 0 saturated carbocycles. The summed E-state index contributed by atoms with van der Waals surface area (Å²) < 4.78 is 89.2. The summed E-state index contributed by atoms with van der Waals surface area (Å²) in [6.07, 6.45) is -8.41. The van der Waals surface area contributed by atoms with Gasteiger partial charge in [0.25, 0.3) is 0 Å². The maximum atomic E-state index is 13.4. The van der Waals surface area contributed by atoms with Crippen LogP contribution >= 0.6 is 23.2 Å². The third kappa shape index (κ3) is 4.06. The van der Waals surface area contributed by atoms with E-state index >= 15 is 0 Å². The zero-order chi connectivity index (χ0) is 20.7. The summed E-state index contributed by atoms with van der Waals surface area (Å²) in [5, 5.41) is 11.4. The number of anilines is 1. The Labute approximate surface area is 160 Å². The van der Waals surface area contributed by atoms with Gasteiger partial charge in [-0.25, -0.2) is 13.5 Å². The van der Waals surface area contributed by atoms with E-state index in [-0.39, 0.29) is 0 Å². The van der Waals surface area contributed by atoms with Crippen molar-refractivity contribution in [2.24, 2.45) is 0 Å². The van der Waals surface area contributed by atoms with Crippen molar-refractivity contribution >= 4 is 40.2 Å². The van der Waals surface area contributed by atoms with Crippen LogP contribution in [0.2, 0.25) is 10.0 Å². The second-order valence-corrected chi connectivity index (χ2v) is 7.12. The summed E-state index contributed by atoms with van der Waals surface area (Å²) in [7, 11) is 0. The molecular formula is C13H6Cl2F6N4OS. The lowest BCUT2D eigenvalue weighted by Crippen LogP contribution is -2.25. The highest BCUT2D eigenvalue weighted by molar-refractivity contribution is 7.92. The van der Waals surface area contributed by atoms with E-state index in [2.05, 4.69) is 5.10 Å². The molecule has 5 nitrogen and oxygen atoms in total. The Hall–Kier alpha value is -1.81. The Kier molecular flexibility index (Phi) is 6.10. The van der Waals surface area contributed by atoms with E-state index in [0.717, 1.165) is 0 Å². The molecule has 0 amide bonds. The van der Waals surface area contributed by atoms with Crippen molar-refractivity contribution < 1.29 is 30.9 Å². The number of alkyl halides is 6. The van der Waals surface area contributed by atoms with Crippen molar-refractivity contribution in [3.05, 3.63) is 33.4 Å². The van der Waals surface area contributed by atoms with Crippen molar-refractivity contribution in [1.82, 2.24) is 9.78 Å². The van der Waals surface area contributed by atoms with Gasteiger partial charge in [0.15, 0.2) is 5.82 Å². The maximum absolute atomic E-state index is 13.4. The molecule has 2 aromatic rings. The molecule has 1 heterocycles. The predicted molar refractivity (Wildman–Crippen MR) is 85.0 cm³/mol. The van der Waals surface area contributed by atoms with Crippen molar-refractivity contribution in [3.8, 4) is 11.8 Å². The standard InChI is InChI=1S/C13H6Cl2F6N4OS/c14-5-1-4(13(19,20)21)2-6(15)8(5)25-12(23)9(7(3-22)24-25)27(26)11(18)10(16)17/h1-2,10-11H,23H2. The van der Waals surface area contributed by atoms with Gasteiger partial charge in [-0.05, 0) is 12.1 Å². The highest BCUT2D eigenvalue weighted by Gasteiger charge is 2.40. The summed E-state index contributed by atoms with van der Waals surface area (Å²) in [5.74, 6) is -0.739. The molecule has 2 rings (SSSR count). The van der Waals surface area contributed by atoms with Gasteiger partial charge in [-0.1, -0.05) is 23.2 Å². The van der Waals surface area contributed by atoms with E-state index in [4.69, 9.17) is 34.2 Å². The fourth-order valence-electron chi connectivity index (χ4n) is 2.00. The molecule has 0 spiro atoms. The number of aromatic nitrogens is 2. The van der Waals surface area contributed by atoms with Crippen molar-refractivity contribution in [2.45, 2.75) is 23.0 Å². The molecule has 2 unspecified atom stereocenters. The predicted octanol–water partition coefficient (Wildman–Crippen LogP) is 4.32. The first-order chi connectivity index (χ1) is 12.4. The summed E-state index contributed by atoms with van der Waals surface area (Å²) in [6, 6.07) is 2.37. The van der Waals surface area contributed by atoms with Gasteiger partial charge in [-0.15, -0.1) is 5.10 Å². The third-order valence-electron chi connectivity index (χ3n) is 3.14. The number of rotatable bonds is 4. The van der Waals surface area contributed by atoms with Gasteiger partial charge in [-0.2, -0.15) is 22.8 Å². The van der Waals surface area contributed by atoms with Crippen LogP contribution in [0.3, 0.4) is 0 Å². The second-order valence-electron chi connectivity index (χ2n) is 4.86. The number of halogens is 8. The van der Waals surface area contributed by atoms with Crippen LogP contribution in [0, 0.1) is 11.3 Å². The van der Waals surface area contributed by atoms with E-state index in [1.165, 1.54) is 6.07 Å². The Morgan fingerprint density at radius 3 is 2.15 bits per heavy atom. The molecule has 0 radical (unpaired) electrons. The average Bonchev–Trinajstić information content (AvgIpc) is 2.88. The van der Waals surface area contributed by atoms with Crippen molar-refractivity contribution in [1.29, 1.82) is 5.26 Å². The topological polar surface area (TPSA) is 90.7 Å². The zero-order valence-electron chi connectivity index (χ0n) is 12.6. The first-order valence-electron chi connectivity index (χ1n) is 6.58. The number of nitrogen functional groups attached to an aromatic ring is 1. The SMILES string of the molecule is N#Cc1nn(-c2c(Cl)cc(C(F)(F)F)cc2Cl)c(N)c1[S+]([O-])C(F)C(F)F. The Morgan fingerprint density at radius 2 is 1.74 bits per heavy atom. The number of nitrogens with zero attached hydrogens (tertiary/aromatic N) is 3. The van der Waals surface area contributed by atoms with Gasteiger partial charge in [0.1, 0.15) is 11.8 Å². The number of hydrogen-bond donors (Lipinski definition) is 1. The molecule has 27 heavy (non-hydrogen) atoms. The lowest BCUT2D eigenvalue weighted by atomic mass is 10.2. The van der Waals surface area contributed by atoms with E-state index in [0.29, 0.717) is 16.8 Å². The summed E-state index contributed by atoms with van der Waals surface area (Å²) >= 11 is 8.50. The smallest absolute Gasteiger partial charge is 0.416 e. The zero-order valence-corrected chi connectivity index (χ0v) is 14.9. The fraction of sp³-hybridized carbons (Fsp3) is 0.231. The van der Waals surface area contributed by atoms with Crippen LogP contribution in [0.4, 0.5) is 32.2 Å². The average molecular weight is 451 g/mol. The molecule has 14 heteroatoms. The summed E-state index contributed by atoms with van der Waals surface area (Å²) in [6.45, 7) is 0. The lowest BCUT2D eigenvalue weighted by Gasteiger charge is -2.15. The van der Waals surface area contributed by atoms with E-state index in [9.17, 15) is 30.9 Å². The van der Waals surface area contributed by atoms with Gasteiger partial charge in [0, 0.05) is 11.2 Å². The van der Waals surface area contributed by atoms with Gasteiger partial charge in [0.05, 0.1) is 15.6 Å². The van der Waals surface area contributed by atoms with Gasteiger partial charge >= 0.3 is 18.1 Å². The molecule has 0 saturated heterocycles. The minimum atomic E-state index is -4.77. The molecular weight excluding hydrogens is 445 g/mol. The minimum absolute atomic E-state index is 0.434. The highest BCUT2D eigenvalue weighted by atomic mass is 35.5. The first kappa shape index (κ1) is 21.5. The monoisotopic (exact) mass is 450 g/mol. The normalized spacial score (nSPS) is 14.3. The fourth-order valence-corrected chi connectivity index (χ4v) is 3.63. The van der Waals surface area contributed by atoms with Crippen LogP contribution in [0.1, 0.15) is 11.3 Å². The molecule has 0 fully saturated rings. The Morgan fingerprint density at radius 1 is 1.22 bits per heavy atom. The van der Waals surface area contributed by atoms with Gasteiger partial charge in [-0.3, -0.25) is 0 Å². The van der Waals surface area contributed by atoms with Crippen LogP contribution in [-0.2, 0) is 17.4 Å². The van der Waals surface area contributed by atoms with E-state index in [1.807, 2.05) is 0 Å². The first-order valence-corrected chi connectivity index (χ1v) is 8.55. The number of nitrogens with two attached hydrogens (primary N) is 1. The second kappa shape index (κ2) is 7.67. The Balaban J connectivity index is 2.67. The molecule has 2 N–H and O–H groups in total. The van der Waals surface area contributed by atoms with Gasteiger partial charge < -0.3 is 10.3 Å². The van der Waals surface area contributed by atoms with Crippen molar-refractivity contribution in [3.63, 3.8) is 0 Å². The molecule has 0 aliphatic rings. The van der Waals surface area contributed by atoms with E-state index in [1.54, 1.807) is 0 Å². The van der Waals surface area contributed by atoms with Crippen LogP contribution in [0.5, 0.6) is 0 Å². The molecule has 1 aromatic heterocycles. The summed E-state index contributed by atoms with van der Waals surface area (Å²) in [4.78, 5) is -0.850. The summed E-state index contributed by atoms with van der Waals surface area (Å²) in [5.41, 5.74) is 0.0393. The maximum Gasteiger partial charge on any atom is 0.416 e. The van der Waals surface area contributed by atoms with E-state index < -0.39 is 67.0 Å². The molecule has 0 bridgehead atoms.